The van der Waals surface area contributed by atoms with Gasteiger partial charge in [-0.25, -0.2) is 4.79 Å². The molecule has 0 radical (unpaired) electrons. The largest absolute Gasteiger partial charge is 0.466 e. The maximum atomic E-state index is 12.2. The number of rotatable bonds is 8. The second kappa shape index (κ2) is 10.0. The fraction of sp³-hybridized carbons (Fsp3) is 0.375. The molecule has 0 heterocycles. The summed E-state index contributed by atoms with van der Waals surface area (Å²) in [5.41, 5.74) is 1.33. The van der Waals surface area contributed by atoms with Crippen LogP contribution in [0.15, 0.2) is 71.8 Å². The van der Waals surface area contributed by atoms with Crippen LogP contribution in [-0.4, -0.2) is 41.7 Å². The zero-order chi connectivity index (χ0) is 21.5. The lowest BCUT2D eigenvalue weighted by molar-refractivity contribution is -0.136. The van der Waals surface area contributed by atoms with E-state index in [9.17, 15) is 4.79 Å². The molecule has 0 fully saturated rings. The molecular weight excluding hydrogens is 380 g/mol. The number of methoxy groups -OCH3 is 2. The van der Waals surface area contributed by atoms with E-state index in [1.807, 2.05) is 19.1 Å². The molecule has 29 heavy (non-hydrogen) atoms. The molecule has 5 heteroatoms. The van der Waals surface area contributed by atoms with Crippen LogP contribution >= 0.6 is 0 Å². The lowest BCUT2D eigenvalue weighted by Gasteiger charge is -2.43. The van der Waals surface area contributed by atoms with E-state index in [-0.39, 0.29) is 17.6 Å². The van der Waals surface area contributed by atoms with Crippen LogP contribution in [0.4, 0.5) is 0 Å². The van der Waals surface area contributed by atoms with Crippen LogP contribution in [0.1, 0.15) is 27.7 Å². The Morgan fingerprint density at radius 2 is 1.34 bits per heavy atom. The van der Waals surface area contributed by atoms with Gasteiger partial charge in [-0.05, 0) is 27.9 Å². The second-order valence-electron chi connectivity index (χ2n) is 8.14. The molecule has 0 aliphatic rings. The number of ether oxygens (including phenoxy) is 2. The first-order valence-corrected chi connectivity index (χ1v) is 11.7. The summed E-state index contributed by atoms with van der Waals surface area (Å²) in [5, 5.41) is 2.29. The van der Waals surface area contributed by atoms with Crippen molar-refractivity contribution in [3.05, 3.63) is 71.8 Å². The zero-order valence-electron chi connectivity index (χ0n) is 18.3. The summed E-state index contributed by atoms with van der Waals surface area (Å²) < 4.78 is 17.0. The Bertz CT molecular complexity index is 783. The van der Waals surface area contributed by atoms with Gasteiger partial charge in [0.1, 0.15) is 0 Å². The number of esters is 1. The van der Waals surface area contributed by atoms with Gasteiger partial charge in [-0.2, -0.15) is 0 Å². The van der Waals surface area contributed by atoms with Gasteiger partial charge in [0, 0.05) is 7.11 Å². The molecule has 4 nitrogen and oxygen atoms in total. The van der Waals surface area contributed by atoms with Crippen LogP contribution < -0.4 is 10.4 Å². The average molecular weight is 413 g/mol. The maximum Gasteiger partial charge on any atom is 0.336 e. The van der Waals surface area contributed by atoms with Gasteiger partial charge < -0.3 is 13.9 Å². The standard InChI is InChI=1S/C24H32O4Si/c1-19(22(18-26-5)23(25)27-6)17-28-29(24(2,3)4,20-13-9-7-10-14-20)21-15-11-8-12-16-21/h7-16H,17-18H2,1-6H3/b22-19-. The van der Waals surface area contributed by atoms with Crippen molar-refractivity contribution in [1.82, 2.24) is 0 Å². The van der Waals surface area contributed by atoms with Crippen molar-refractivity contribution in [3.63, 3.8) is 0 Å². The van der Waals surface area contributed by atoms with E-state index in [2.05, 4.69) is 69.3 Å². The quantitative estimate of drug-likeness (QED) is 0.377. The van der Waals surface area contributed by atoms with Gasteiger partial charge in [0.25, 0.3) is 8.32 Å². The number of hydrogen-bond acceptors (Lipinski definition) is 4. The number of carbonyl (C=O) groups excluding carboxylic acids is 1. The number of carbonyl (C=O) groups is 1. The molecule has 0 aromatic heterocycles. The van der Waals surface area contributed by atoms with E-state index in [0.29, 0.717) is 12.2 Å². The normalized spacial score (nSPS) is 13.0. The van der Waals surface area contributed by atoms with Gasteiger partial charge in [0.05, 0.1) is 25.9 Å². The minimum absolute atomic E-state index is 0.122. The summed E-state index contributed by atoms with van der Waals surface area (Å²) in [6, 6.07) is 20.9. The van der Waals surface area contributed by atoms with E-state index in [1.54, 1.807) is 7.11 Å². The van der Waals surface area contributed by atoms with Crippen molar-refractivity contribution in [1.29, 1.82) is 0 Å². The Labute approximate surface area is 175 Å². The topological polar surface area (TPSA) is 44.8 Å². The predicted octanol–water partition coefficient (Wildman–Crippen LogP) is 3.70. The van der Waals surface area contributed by atoms with Crippen LogP contribution in [0.5, 0.6) is 0 Å². The lowest BCUT2D eigenvalue weighted by Crippen LogP contribution is -2.66. The number of hydrogen-bond donors (Lipinski definition) is 0. The highest BCUT2D eigenvalue weighted by Crippen LogP contribution is 2.37. The van der Waals surface area contributed by atoms with Crippen LogP contribution in [-0.2, 0) is 18.7 Å². The Morgan fingerprint density at radius 1 is 0.862 bits per heavy atom. The Balaban J connectivity index is 2.58. The average Bonchev–Trinajstić information content (AvgIpc) is 2.72. The molecule has 0 aliphatic carbocycles. The molecule has 0 atom stereocenters. The fourth-order valence-electron chi connectivity index (χ4n) is 3.69. The summed E-state index contributed by atoms with van der Waals surface area (Å²) in [6.45, 7) is 9.13. The molecular formula is C24H32O4Si. The molecule has 156 valence electrons. The Morgan fingerprint density at radius 3 is 1.72 bits per heavy atom. The number of benzene rings is 2. The highest BCUT2D eigenvalue weighted by atomic mass is 28.4. The highest BCUT2D eigenvalue weighted by molar-refractivity contribution is 6.99. The molecule has 0 saturated carbocycles. The molecule has 0 unspecified atom stereocenters. The second-order valence-corrected chi connectivity index (χ2v) is 12.4. The van der Waals surface area contributed by atoms with Crippen molar-refractivity contribution in [3.8, 4) is 0 Å². The van der Waals surface area contributed by atoms with Gasteiger partial charge in [-0.15, -0.1) is 0 Å². The molecule has 2 aromatic rings. The van der Waals surface area contributed by atoms with Gasteiger partial charge >= 0.3 is 5.97 Å². The van der Waals surface area contributed by atoms with Crippen LogP contribution in [0.3, 0.4) is 0 Å². The van der Waals surface area contributed by atoms with E-state index in [1.165, 1.54) is 17.5 Å². The molecule has 0 saturated heterocycles. The van der Waals surface area contributed by atoms with Gasteiger partial charge in [-0.3, -0.25) is 0 Å². The maximum absolute atomic E-state index is 12.2. The third-order valence-corrected chi connectivity index (χ3v) is 10.1. The molecule has 2 aromatic carbocycles. The predicted molar refractivity (Wildman–Crippen MR) is 120 cm³/mol. The fourth-order valence-corrected chi connectivity index (χ4v) is 8.28. The first-order chi connectivity index (χ1) is 13.8. The molecule has 0 N–H and O–H groups in total. The summed E-state index contributed by atoms with van der Waals surface area (Å²) in [7, 11) is 0.299. The van der Waals surface area contributed by atoms with E-state index in [0.717, 1.165) is 5.57 Å². The van der Waals surface area contributed by atoms with Crippen molar-refractivity contribution in [2.75, 3.05) is 27.4 Å². The monoisotopic (exact) mass is 412 g/mol. The summed E-state index contributed by atoms with van der Waals surface area (Å²) in [6.07, 6.45) is 0. The van der Waals surface area contributed by atoms with Gasteiger partial charge in [0.2, 0.25) is 0 Å². The van der Waals surface area contributed by atoms with Crippen LogP contribution in [0.2, 0.25) is 5.04 Å². The summed E-state index contributed by atoms with van der Waals surface area (Å²) in [5.74, 6) is -0.379. The van der Waals surface area contributed by atoms with Crippen LogP contribution in [0.25, 0.3) is 0 Å². The molecule has 0 aliphatic heterocycles. The third kappa shape index (κ3) is 5.04. The van der Waals surface area contributed by atoms with Gasteiger partial charge in [-0.1, -0.05) is 81.4 Å². The first kappa shape index (κ1) is 23.1. The van der Waals surface area contributed by atoms with Crippen molar-refractivity contribution in [2.45, 2.75) is 32.7 Å². The smallest absolute Gasteiger partial charge is 0.336 e. The Hall–Kier alpha value is -2.21. The SMILES string of the molecule is COC/C(C(=O)OC)=C(\C)CO[Si](c1ccccc1)(c1ccccc1)C(C)(C)C. The van der Waals surface area contributed by atoms with Gasteiger partial charge in [0.15, 0.2) is 0 Å². The first-order valence-electron chi connectivity index (χ1n) is 9.78. The summed E-state index contributed by atoms with van der Waals surface area (Å²) >= 11 is 0. The van der Waals surface area contributed by atoms with E-state index in [4.69, 9.17) is 13.9 Å². The summed E-state index contributed by atoms with van der Waals surface area (Å²) in [4.78, 5) is 12.2. The van der Waals surface area contributed by atoms with E-state index < -0.39 is 8.32 Å². The van der Waals surface area contributed by atoms with Crippen molar-refractivity contribution in [2.24, 2.45) is 0 Å². The molecule has 0 spiro atoms. The van der Waals surface area contributed by atoms with E-state index >= 15 is 0 Å². The van der Waals surface area contributed by atoms with Crippen molar-refractivity contribution >= 4 is 24.7 Å². The lowest BCUT2D eigenvalue weighted by atomic mass is 10.1. The minimum atomic E-state index is -2.65. The third-order valence-electron chi connectivity index (χ3n) is 5.16. The zero-order valence-corrected chi connectivity index (χ0v) is 19.3. The minimum Gasteiger partial charge on any atom is -0.466 e. The Kier molecular flexibility index (Phi) is 7.96. The molecule has 2 rings (SSSR count). The molecule has 0 bridgehead atoms. The highest BCUT2D eigenvalue weighted by Gasteiger charge is 2.50. The van der Waals surface area contributed by atoms with Crippen LogP contribution in [0, 0.1) is 0 Å². The van der Waals surface area contributed by atoms with Crippen molar-refractivity contribution < 1.29 is 18.7 Å². The molecule has 0 amide bonds.